The van der Waals surface area contributed by atoms with E-state index < -0.39 is 0 Å². The molecule has 0 aromatic heterocycles. The van der Waals surface area contributed by atoms with Crippen molar-refractivity contribution >= 4 is 17.3 Å². The first kappa shape index (κ1) is 29.9. The fourth-order valence-electron chi connectivity index (χ4n) is 2.15. The van der Waals surface area contributed by atoms with Crippen molar-refractivity contribution in [3.05, 3.63) is 13.8 Å². The Balaban J connectivity index is -0.000000377. The fourth-order valence-corrected chi connectivity index (χ4v) is 2.15. The molecule has 0 heterocycles. The summed E-state index contributed by atoms with van der Waals surface area (Å²) in [5.74, 6) is 0.321. The first-order valence-electron chi connectivity index (χ1n) is 8.86. The maximum atomic E-state index is 11.8. The van der Waals surface area contributed by atoms with Gasteiger partial charge >= 0.3 is 0 Å². The van der Waals surface area contributed by atoms with Gasteiger partial charge in [-0.3, -0.25) is 9.79 Å². The molecule has 25 heavy (non-hydrogen) atoms. The Morgan fingerprint density at radius 1 is 1.04 bits per heavy atom. The summed E-state index contributed by atoms with van der Waals surface area (Å²) in [5.41, 5.74) is 0.995. The van der Waals surface area contributed by atoms with Gasteiger partial charge < -0.3 is 18.6 Å². The topological polar surface area (TPSA) is 46.5 Å². The number of aliphatic imine (C=N–C) groups is 1. The molecule has 0 aromatic carbocycles. The van der Waals surface area contributed by atoms with E-state index in [1.807, 2.05) is 27.7 Å². The van der Waals surface area contributed by atoms with Crippen LogP contribution >= 0.6 is 0 Å². The van der Waals surface area contributed by atoms with Gasteiger partial charge in [-0.15, -0.1) is 5.92 Å². The molecule has 0 aromatic rings. The van der Waals surface area contributed by atoms with Crippen molar-refractivity contribution in [1.82, 2.24) is 0 Å². The first-order valence-corrected chi connectivity index (χ1v) is 8.86. The van der Waals surface area contributed by atoms with Crippen molar-refractivity contribution < 1.29 is 42.3 Å². The Hall–Kier alpha value is 0.114. The zero-order valence-electron chi connectivity index (χ0n) is 17.9. The predicted molar refractivity (Wildman–Crippen MR) is 105 cm³/mol. The molecule has 0 saturated carbocycles. The number of ketones is 2. The number of unbranched alkanes of at least 4 members (excludes halogenated alkanes) is 1. The molecule has 145 valence electrons. The normalized spacial score (nSPS) is 13.3. The van der Waals surface area contributed by atoms with E-state index >= 15 is 0 Å². The minimum absolute atomic E-state index is 0. The summed E-state index contributed by atoms with van der Waals surface area (Å²) in [4.78, 5) is 26.4. The molecule has 0 bridgehead atoms. The zero-order valence-corrected chi connectivity index (χ0v) is 20.7. The van der Waals surface area contributed by atoms with Gasteiger partial charge in [-0.2, -0.15) is 6.42 Å². The fraction of sp³-hybridized carbons (Fsp3) is 0.762. The van der Waals surface area contributed by atoms with E-state index in [0.29, 0.717) is 6.54 Å². The van der Waals surface area contributed by atoms with Gasteiger partial charge in [0.15, 0.2) is 5.78 Å². The van der Waals surface area contributed by atoms with E-state index in [1.54, 1.807) is 6.92 Å². The van der Waals surface area contributed by atoms with E-state index in [2.05, 4.69) is 39.6 Å². The maximum absolute atomic E-state index is 11.8. The van der Waals surface area contributed by atoms with Crippen LogP contribution in [0.1, 0.15) is 81.1 Å². The van der Waals surface area contributed by atoms with Crippen molar-refractivity contribution in [3.63, 3.8) is 0 Å². The Kier molecular flexibility index (Phi) is 17.0. The molecule has 0 fully saturated rings. The third kappa shape index (κ3) is 20.3. The van der Waals surface area contributed by atoms with Gasteiger partial charge in [0, 0.05) is 43.8 Å². The van der Waals surface area contributed by atoms with Crippen LogP contribution in [-0.2, 0) is 42.3 Å². The molecule has 1 radical (unpaired) electrons. The molecule has 0 rings (SSSR count). The van der Waals surface area contributed by atoms with Gasteiger partial charge in [-0.1, -0.05) is 54.4 Å². The molecular weight excluding hydrogens is 387 g/mol. The van der Waals surface area contributed by atoms with Gasteiger partial charge in [0.1, 0.15) is 5.78 Å². The summed E-state index contributed by atoms with van der Waals surface area (Å²) < 4.78 is 0. The maximum Gasteiger partial charge on any atom is 0.151 e. The van der Waals surface area contributed by atoms with Crippen LogP contribution in [0.25, 0.3) is 0 Å². The minimum Gasteiger partial charge on any atom is -0.343 e. The van der Waals surface area contributed by atoms with Crippen molar-refractivity contribution in [1.29, 1.82) is 0 Å². The molecule has 0 spiro atoms. The number of carbonyl (C=O) groups excluding carboxylic acids is 2. The molecular formula is C21H39NO2Y-2. The van der Waals surface area contributed by atoms with E-state index in [-0.39, 0.29) is 61.0 Å². The molecule has 3 nitrogen and oxygen atoms in total. The van der Waals surface area contributed by atoms with Crippen LogP contribution in [0, 0.1) is 30.6 Å². The Morgan fingerprint density at radius 2 is 1.52 bits per heavy atom. The van der Waals surface area contributed by atoms with E-state index in [1.165, 1.54) is 0 Å². The standard InChI is InChI=1S/C12H23O.C9H16NO.Y/c1-9(8-11(2,3)4)10(13)12(5,6)7;1-4-5-6-8(2)10-7-9(3)11;/h9H,1,8H2,2-7H3;1,4-7H2,2-3H3;/q2*-1;. The average Bonchev–Trinajstić information content (AvgIpc) is 2.39. The first-order chi connectivity index (χ1) is 10.7. The SMILES string of the molecule is [CH2-]C(CC(C)(C)C)C(=O)C(C)(C)C.[CH2-]CCCC(C)=NCC(C)=O.[Y]. The number of hydrogen-bond donors (Lipinski definition) is 0. The number of rotatable bonds is 7. The van der Waals surface area contributed by atoms with Crippen molar-refractivity contribution in [2.24, 2.45) is 21.7 Å². The zero-order chi connectivity index (χ0) is 19.6. The summed E-state index contributed by atoms with van der Waals surface area (Å²) in [7, 11) is 0. The van der Waals surface area contributed by atoms with Crippen LogP contribution in [0.2, 0.25) is 0 Å². The van der Waals surface area contributed by atoms with E-state index in [9.17, 15) is 9.59 Å². The molecule has 0 aliphatic carbocycles. The third-order valence-corrected chi connectivity index (χ3v) is 3.33. The van der Waals surface area contributed by atoms with E-state index in [0.717, 1.165) is 31.4 Å². The summed E-state index contributed by atoms with van der Waals surface area (Å²) in [6, 6.07) is 0. The van der Waals surface area contributed by atoms with Crippen LogP contribution in [0.5, 0.6) is 0 Å². The summed E-state index contributed by atoms with van der Waals surface area (Å²) in [6.45, 7) is 23.8. The van der Waals surface area contributed by atoms with E-state index in [4.69, 9.17) is 0 Å². The summed E-state index contributed by atoms with van der Waals surface area (Å²) >= 11 is 0. The number of hydrogen-bond acceptors (Lipinski definition) is 3. The van der Waals surface area contributed by atoms with Gasteiger partial charge in [-0.25, -0.2) is 0 Å². The molecule has 0 N–H and O–H groups in total. The second-order valence-corrected chi connectivity index (χ2v) is 8.79. The van der Waals surface area contributed by atoms with Crippen LogP contribution < -0.4 is 0 Å². The van der Waals surface area contributed by atoms with Crippen molar-refractivity contribution in [2.45, 2.75) is 81.1 Å². The monoisotopic (exact) mass is 426 g/mol. The Bertz CT molecular complexity index is 415. The van der Waals surface area contributed by atoms with Crippen LogP contribution in [0.4, 0.5) is 0 Å². The summed E-state index contributed by atoms with van der Waals surface area (Å²) in [6.07, 6.45) is 3.83. The quantitative estimate of drug-likeness (QED) is 0.397. The molecule has 0 aliphatic heterocycles. The molecule has 0 amide bonds. The van der Waals surface area contributed by atoms with Gasteiger partial charge in [-0.05, 0) is 25.7 Å². The second kappa shape index (κ2) is 14.2. The van der Waals surface area contributed by atoms with Crippen molar-refractivity contribution in [2.75, 3.05) is 6.54 Å². The van der Waals surface area contributed by atoms with Gasteiger partial charge in [0.2, 0.25) is 0 Å². The van der Waals surface area contributed by atoms with Gasteiger partial charge in [0.25, 0.3) is 0 Å². The predicted octanol–water partition coefficient (Wildman–Crippen LogP) is 5.53. The molecule has 1 unspecified atom stereocenters. The Labute approximate surface area is 182 Å². The van der Waals surface area contributed by atoms with Crippen LogP contribution in [-0.4, -0.2) is 23.8 Å². The number of carbonyl (C=O) groups is 2. The largest absolute Gasteiger partial charge is 0.343 e. The van der Waals surface area contributed by atoms with Crippen LogP contribution in [0.15, 0.2) is 4.99 Å². The number of Topliss-reactive ketones (excluding diaryl/α,β-unsaturated/α-hetero) is 2. The van der Waals surface area contributed by atoms with Crippen LogP contribution in [0.3, 0.4) is 0 Å². The number of nitrogens with zero attached hydrogens (tertiary/aromatic N) is 1. The third-order valence-electron chi connectivity index (χ3n) is 3.33. The second-order valence-electron chi connectivity index (χ2n) is 8.79. The van der Waals surface area contributed by atoms with Gasteiger partial charge in [0.05, 0.1) is 6.54 Å². The smallest absolute Gasteiger partial charge is 0.151 e. The molecule has 0 saturated heterocycles. The van der Waals surface area contributed by atoms with Crippen molar-refractivity contribution in [3.8, 4) is 0 Å². The minimum atomic E-state index is -0.252. The summed E-state index contributed by atoms with van der Waals surface area (Å²) in [5, 5.41) is 0. The molecule has 0 aliphatic rings. The molecule has 4 heteroatoms. The Morgan fingerprint density at radius 3 is 1.84 bits per heavy atom. The average molecular weight is 426 g/mol. The molecule has 1 atom stereocenters.